The molecule has 0 bridgehead atoms. The number of piperidine rings is 1. The number of rotatable bonds is 2. The lowest BCUT2D eigenvalue weighted by Gasteiger charge is -2.30. The zero-order valence-corrected chi connectivity index (χ0v) is 10.1. The molecular formula is C11H22N2O2. The molecule has 2 atom stereocenters. The molecule has 0 aliphatic carbocycles. The van der Waals surface area contributed by atoms with Crippen LogP contribution >= 0.6 is 0 Å². The Morgan fingerprint density at radius 1 is 1.47 bits per heavy atom. The predicted octanol–water partition coefficient (Wildman–Crippen LogP) is 1.08. The average Bonchev–Trinajstić information content (AvgIpc) is 2.14. The van der Waals surface area contributed by atoms with Crippen molar-refractivity contribution >= 4 is 5.97 Å². The Hall–Kier alpha value is -0.610. The fraction of sp³-hybridized carbons (Fsp3) is 0.909. The van der Waals surface area contributed by atoms with Crippen molar-refractivity contribution in [3.05, 3.63) is 0 Å². The molecule has 88 valence electrons. The van der Waals surface area contributed by atoms with Gasteiger partial charge in [0, 0.05) is 6.04 Å². The first kappa shape index (κ1) is 12.5. The van der Waals surface area contributed by atoms with Crippen LogP contribution in [-0.4, -0.2) is 25.1 Å². The van der Waals surface area contributed by atoms with Gasteiger partial charge >= 0.3 is 5.97 Å². The average molecular weight is 214 g/mol. The van der Waals surface area contributed by atoms with Gasteiger partial charge < -0.3 is 10.2 Å². The fourth-order valence-corrected chi connectivity index (χ4v) is 1.47. The van der Waals surface area contributed by atoms with E-state index in [1.54, 1.807) is 0 Å². The SMILES string of the molecule is C[C@@H]1CNCC[C@H]1NOC(=O)C(C)(C)C. The van der Waals surface area contributed by atoms with Crippen molar-refractivity contribution in [2.45, 2.75) is 40.2 Å². The van der Waals surface area contributed by atoms with E-state index in [9.17, 15) is 4.79 Å². The molecule has 0 aromatic rings. The van der Waals surface area contributed by atoms with Gasteiger partial charge in [0.25, 0.3) is 0 Å². The first-order chi connectivity index (χ1) is 6.91. The summed E-state index contributed by atoms with van der Waals surface area (Å²) in [7, 11) is 0. The number of hydrogen-bond donors (Lipinski definition) is 2. The summed E-state index contributed by atoms with van der Waals surface area (Å²) < 4.78 is 0. The van der Waals surface area contributed by atoms with Crippen LogP contribution in [0, 0.1) is 11.3 Å². The van der Waals surface area contributed by atoms with Crippen molar-refractivity contribution in [2.24, 2.45) is 11.3 Å². The van der Waals surface area contributed by atoms with E-state index < -0.39 is 5.41 Å². The van der Waals surface area contributed by atoms with E-state index >= 15 is 0 Å². The minimum atomic E-state index is -0.441. The molecule has 2 N–H and O–H groups in total. The minimum absolute atomic E-state index is 0.201. The van der Waals surface area contributed by atoms with Gasteiger partial charge in [-0.05, 0) is 46.2 Å². The zero-order chi connectivity index (χ0) is 11.5. The highest BCUT2D eigenvalue weighted by atomic mass is 16.7. The molecule has 4 nitrogen and oxygen atoms in total. The van der Waals surface area contributed by atoms with Gasteiger partial charge in [-0.25, -0.2) is 4.79 Å². The molecule has 1 rings (SSSR count). The molecule has 4 heteroatoms. The number of hydroxylamine groups is 1. The molecule has 0 aromatic carbocycles. The maximum atomic E-state index is 11.5. The van der Waals surface area contributed by atoms with E-state index in [0.717, 1.165) is 19.5 Å². The third kappa shape index (κ3) is 3.80. The molecule has 0 radical (unpaired) electrons. The quantitative estimate of drug-likeness (QED) is 0.675. The van der Waals surface area contributed by atoms with Crippen LogP contribution in [0.5, 0.6) is 0 Å². The third-order valence-corrected chi connectivity index (χ3v) is 2.70. The van der Waals surface area contributed by atoms with Crippen LogP contribution in [0.15, 0.2) is 0 Å². The largest absolute Gasteiger partial charge is 0.370 e. The Morgan fingerprint density at radius 3 is 2.67 bits per heavy atom. The molecule has 0 amide bonds. The van der Waals surface area contributed by atoms with Gasteiger partial charge in [-0.15, -0.1) is 5.48 Å². The van der Waals surface area contributed by atoms with Crippen LogP contribution in [-0.2, 0) is 9.63 Å². The summed E-state index contributed by atoms with van der Waals surface area (Å²) in [4.78, 5) is 16.6. The normalized spacial score (nSPS) is 27.5. The summed E-state index contributed by atoms with van der Waals surface area (Å²) in [6.07, 6.45) is 0.999. The summed E-state index contributed by atoms with van der Waals surface area (Å²) in [6.45, 7) is 9.66. The second kappa shape index (κ2) is 4.94. The maximum Gasteiger partial charge on any atom is 0.329 e. The van der Waals surface area contributed by atoms with Crippen molar-refractivity contribution in [2.75, 3.05) is 13.1 Å². The number of carbonyl (C=O) groups excluding carboxylic acids is 1. The summed E-state index contributed by atoms with van der Waals surface area (Å²) in [5.41, 5.74) is 2.45. The molecule has 0 saturated carbocycles. The van der Waals surface area contributed by atoms with E-state index in [0.29, 0.717) is 5.92 Å². The molecule has 1 fully saturated rings. The van der Waals surface area contributed by atoms with Gasteiger partial charge in [0.2, 0.25) is 0 Å². The van der Waals surface area contributed by atoms with Crippen molar-refractivity contribution < 1.29 is 9.63 Å². The van der Waals surface area contributed by atoms with Crippen LogP contribution in [0.4, 0.5) is 0 Å². The first-order valence-corrected chi connectivity index (χ1v) is 5.59. The van der Waals surface area contributed by atoms with Crippen LogP contribution in [0.25, 0.3) is 0 Å². The van der Waals surface area contributed by atoms with Gasteiger partial charge in [-0.2, -0.15) is 0 Å². The molecule has 0 unspecified atom stereocenters. The predicted molar refractivity (Wildman–Crippen MR) is 59.1 cm³/mol. The summed E-state index contributed by atoms with van der Waals surface area (Å²) >= 11 is 0. The number of hydrogen-bond acceptors (Lipinski definition) is 4. The molecule has 1 heterocycles. The van der Waals surface area contributed by atoms with Crippen LogP contribution in [0.3, 0.4) is 0 Å². The van der Waals surface area contributed by atoms with Crippen molar-refractivity contribution in [1.29, 1.82) is 0 Å². The van der Waals surface area contributed by atoms with Gasteiger partial charge in [0.05, 0.1) is 5.41 Å². The Balaban J connectivity index is 2.33. The zero-order valence-electron chi connectivity index (χ0n) is 10.1. The van der Waals surface area contributed by atoms with E-state index in [1.165, 1.54) is 0 Å². The number of nitrogens with one attached hydrogen (secondary N) is 2. The second-order valence-electron chi connectivity index (χ2n) is 5.33. The smallest absolute Gasteiger partial charge is 0.329 e. The van der Waals surface area contributed by atoms with Crippen molar-refractivity contribution in [3.63, 3.8) is 0 Å². The highest BCUT2D eigenvalue weighted by Crippen LogP contribution is 2.16. The Morgan fingerprint density at radius 2 is 2.13 bits per heavy atom. The van der Waals surface area contributed by atoms with Crippen LogP contribution in [0.1, 0.15) is 34.1 Å². The highest BCUT2D eigenvalue weighted by Gasteiger charge is 2.26. The van der Waals surface area contributed by atoms with Gasteiger partial charge in [0.15, 0.2) is 0 Å². The monoisotopic (exact) mass is 214 g/mol. The van der Waals surface area contributed by atoms with Crippen molar-refractivity contribution in [3.8, 4) is 0 Å². The van der Waals surface area contributed by atoms with E-state index in [2.05, 4.69) is 17.7 Å². The van der Waals surface area contributed by atoms with E-state index in [4.69, 9.17) is 4.84 Å². The van der Waals surface area contributed by atoms with Gasteiger partial charge in [0.1, 0.15) is 0 Å². The molecule has 1 saturated heterocycles. The molecule has 1 aliphatic rings. The van der Waals surface area contributed by atoms with Gasteiger partial charge in [-0.3, -0.25) is 0 Å². The third-order valence-electron chi connectivity index (χ3n) is 2.70. The lowest BCUT2D eigenvalue weighted by molar-refractivity contribution is -0.164. The van der Waals surface area contributed by atoms with E-state index in [-0.39, 0.29) is 12.0 Å². The Kier molecular flexibility index (Phi) is 4.11. The topological polar surface area (TPSA) is 50.4 Å². The standard InChI is InChI=1S/C11H22N2O2/c1-8-7-12-6-5-9(8)13-15-10(14)11(2,3)4/h8-9,12-13H,5-7H2,1-4H3/t8-,9-/m1/s1. The summed E-state index contributed by atoms with van der Waals surface area (Å²) in [5, 5.41) is 3.30. The lowest BCUT2D eigenvalue weighted by Crippen LogP contribution is -2.47. The molecule has 15 heavy (non-hydrogen) atoms. The molecule has 0 spiro atoms. The van der Waals surface area contributed by atoms with Gasteiger partial charge in [-0.1, -0.05) is 6.92 Å². The summed E-state index contributed by atoms with van der Waals surface area (Å²) in [6, 6.07) is 0.276. The molecular weight excluding hydrogens is 192 g/mol. The highest BCUT2D eigenvalue weighted by molar-refractivity contribution is 5.75. The lowest BCUT2D eigenvalue weighted by atomic mass is 9.96. The molecule has 0 aromatic heterocycles. The second-order valence-corrected chi connectivity index (χ2v) is 5.33. The van der Waals surface area contributed by atoms with E-state index in [1.807, 2.05) is 20.8 Å². The van der Waals surface area contributed by atoms with Crippen LogP contribution < -0.4 is 10.8 Å². The Labute approximate surface area is 91.7 Å². The molecule has 1 aliphatic heterocycles. The fourth-order valence-electron chi connectivity index (χ4n) is 1.47. The van der Waals surface area contributed by atoms with Crippen LogP contribution in [0.2, 0.25) is 0 Å². The number of carbonyl (C=O) groups is 1. The summed E-state index contributed by atoms with van der Waals surface area (Å²) in [5.74, 6) is 0.291. The first-order valence-electron chi connectivity index (χ1n) is 5.59. The minimum Gasteiger partial charge on any atom is -0.370 e. The van der Waals surface area contributed by atoms with Crippen molar-refractivity contribution in [1.82, 2.24) is 10.8 Å². The Bertz CT molecular complexity index is 223. The maximum absolute atomic E-state index is 11.5.